The van der Waals surface area contributed by atoms with Gasteiger partial charge in [0.2, 0.25) is 0 Å². The molecule has 7 aromatic heterocycles. The van der Waals surface area contributed by atoms with Crippen LogP contribution >= 0.6 is 7.14 Å². The summed E-state index contributed by atoms with van der Waals surface area (Å²) in [6, 6.07) is 134. The minimum atomic E-state index is -3.24. The predicted molar refractivity (Wildman–Crippen MR) is 482 cm³/mol. The Kier molecular flexibility index (Phi) is 32.5. The fourth-order valence-corrected chi connectivity index (χ4v) is 17.0. The van der Waals surface area contributed by atoms with Crippen molar-refractivity contribution < 1.29 is 96.4 Å². The van der Waals surface area contributed by atoms with Gasteiger partial charge in [-0.25, -0.2) is 0 Å². The number of nitrogens with zero attached hydrogens (tertiary/aromatic N) is 7. The van der Waals surface area contributed by atoms with Crippen LogP contribution in [0.3, 0.4) is 0 Å². The topological polar surface area (TPSA) is 118 Å². The normalized spacial score (nSPS) is 10.7. The summed E-state index contributed by atoms with van der Waals surface area (Å²) < 4.78 is 29.2. The standard InChI is InChI=1S/C31H20N2.C28H19N2OP.C25H28NO2.C23H15N2.2Ir.2Pt/c1-3-11-26-24(9-1)18-22(20-28(26)30-13-5-7-15-32-30)17-23-19-25-10-2-4-12-27(25)29(21-23)31-14-6-8-16-33-31;31-32(24-12-2-1-3-13-24,25-14-8-10-22(20-25)27-16-4-6-18-29-27)26-15-9-11-23(21-26)28-17-5-7-19-30-28;1-3-5-16-27-24-14-13-21(19-25(24)28-17-6-4-2)20-10-9-11-22(18-20)23-12-7-8-15-26-23;1-3-13-22-19(10-1)20-11-2-4-14-23(20)25(22)18-9-7-8-17(16-18)21-12-5-6-15-24-21;;;;/h1-16,18-19H,17H2;1-19H;7-10,12-15,18-19H,3-6,16-17H2,1-2H3;1-7,9-16H;;;;/q2*-2;2*-1;;;2*+2. The molecule has 12 aromatic carbocycles. The number of pyridine rings is 6. The monoisotopic (exact) mass is 2320 g/mol. The summed E-state index contributed by atoms with van der Waals surface area (Å²) in [7, 11) is -3.24. The first kappa shape index (κ1) is 89.6. The zero-order chi connectivity index (χ0) is 80.1. The van der Waals surface area contributed by atoms with Gasteiger partial charge in [0.15, 0.2) is 11.5 Å². The van der Waals surface area contributed by atoms with Crippen LogP contribution in [0, 0.1) is 36.4 Å². The van der Waals surface area contributed by atoms with Gasteiger partial charge in [-0.1, -0.05) is 242 Å². The molecule has 0 spiro atoms. The van der Waals surface area contributed by atoms with E-state index >= 15 is 0 Å². The number of unbranched alkanes of at least 4 members (excludes halogenated alkanes) is 2. The summed E-state index contributed by atoms with van der Waals surface area (Å²) in [5.41, 5.74) is 19.0. The molecule has 15 heteroatoms. The van der Waals surface area contributed by atoms with Gasteiger partial charge in [0.25, 0.3) is 0 Å². The number of hydrogen-bond acceptors (Lipinski definition) is 9. The van der Waals surface area contributed by atoms with Crippen LogP contribution in [-0.2, 0) is 93.3 Å². The van der Waals surface area contributed by atoms with E-state index < -0.39 is 7.14 Å². The third-order valence-corrected chi connectivity index (χ3v) is 23.2. The second kappa shape index (κ2) is 44.2. The Balaban J connectivity index is 0.000000148. The van der Waals surface area contributed by atoms with Crippen molar-refractivity contribution in [3.05, 3.63) is 424 Å². The minimum Gasteiger partial charge on any atom is -0.490 e. The molecule has 0 N–H and O–H groups in total. The average molecular weight is 2320 g/mol. The van der Waals surface area contributed by atoms with Crippen LogP contribution in [0.5, 0.6) is 11.5 Å². The smallest absolute Gasteiger partial charge is 0.490 e. The predicted octanol–water partition coefficient (Wildman–Crippen LogP) is 24.6. The maximum atomic E-state index is 14.9. The Hall–Kier alpha value is -11.6. The van der Waals surface area contributed by atoms with Crippen molar-refractivity contribution in [2.24, 2.45) is 0 Å². The first-order chi connectivity index (χ1) is 58.3. The number of fused-ring (bicyclic) bond motifs is 5. The summed E-state index contributed by atoms with van der Waals surface area (Å²) in [6.07, 6.45) is 15.8. The van der Waals surface area contributed by atoms with E-state index in [-0.39, 0.29) is 82.3 Å². The van der Waals surface area contributed by atoms with Gasteiger partial charge in [-0.15, -0.1) is 182 Å². The average Bonchev–Trinajstić information content (AvgIpc) is 1.59. The van der Waals surface area contributed by atoms with Crippen LogP contribution in [0.2, 0.25) is 0 Å². The molecule has 2 radical (unpaired) electrons. The summed E-state index contributed by atoms with van der Waals surface area (Å²) in [5.74, 6) is 1.63. The largest absolute Gasteiger partial charge is 2.00 e. The third-order valence-electron chi connectivity index (χ3n) is 20.2. The van der Waals surface area contributed by atoms with Gasteiger partial charge >= 0.3 is 42.1 Å². The maximum Gasteiger partial charge on any atom is 2.00 e. The quantitative estimate of drug-likeness (QED) is 0.0394. The Bertz CT molecular complexity index is 6370. The van der Waals surface area contributed by atoms with Crippen molar-refractivity contribution in [1.82, 2.24) is 34.5 Å². The van der Waals surface area contributed by atoms with Gasteiger partial charge in [-0.05, 0) is 125 Å². The molecule has 19 aromatic rings. The molecular weight excluding hydrogens is 2240 g/mol. The van der Waals surface area contributed by atoms with E-state index in [9.17, 15) is 4.57 Å². The molecule has 0 aliphatic carbocycles. The van der Waals surface area contributed by atoms with Crippen molar-refractivity contribution in [2.45, 2.75) is 46.0 Å². The molecule has 0 saturated carbocycles. The second-order valence-electron chi connectivity index (χ2n) is 28.2. The van der Waals surface area contributed by atoms with Gasteiger partial charge in [-0.2, -0.15) is 0 Å². The van der Waals surface area contributed by atoms with E-state index in [2.05, 4.69) is 230 Å². The van der Waals surface area contributed by atoms with E-state index in [4.69, 9.17) is 9.47 Å². The van der Waals surface area contributed by atoms with Crippen LogP contribution in [0.15, 0.2) is 377 Å². The molecule has 7 heterocycles. The summed E-state index contributed by atoms with van der Waals surface area (Å²) in [6.45, 7) is 5.74. The Morgan fingerprint density at radius 2 is 0.730 bits per heavy atom. The number of rotatable bonds is 21. The molecule has 0 aliphatic rings. The minimum absolute atomic E-state index is 0. The third kappa shape index (κ3) is 21.4. The molecule has 0 fully saturated rings. The molecule has 0 unspecified atom stereocenters. The Morgan fingerprint density at radius 1 is 0.336 bits per heavy atom. The fraction of sp³-hybridized carbons (Fsp3) is 0.0841. The van der Waals surface area contributed by atoms with Crippen LogP contribution in [0.25, 0.3) is 128 Å². The van der Waals surface area contributed by atoms with Crippen LogP contribution < -0.4 is 25.4 Å². The first-order valence-electron chi connectivity index (χ1n) is 39.8. The van der Waals surface area contributed by atoms with E-state index in [0.717, 1.165) is 155 Å². The fourth-order valence-electron chi connectivity index (χ4n) is 14.4. The molecule has 0 amide bonds. The zero-order valence-corrected chi connectivity index (χ0v) is 77.1. The summed E-state index contributed by atoms with van der Waals surface area (Å²) in [5, 5.41) is 9.24. The number of aromatic nitrogens is 7. The summed E-state index contributed by atoms with van der Waals surface area (Å²) >= 11 is 0. The van der Waals surface area contributed by atoms with E-state index in [1.165, 1.54) is 32.6 Å². The van der Waals surface area contributed by atoms with Crippen molar-refractivity contribution >= 4 is 66.4 Å². The van der Waals surface area contributed by atoms with Gasteiger partial charge in [0, 0.05) is 93.5 Å². The summed E-state index contributed by atoms with van der Waals surface area (Å²) in [4.78, 5) is 26.9. The maximum absolute atomic E-state index is 14.9. The van der Waals surface area contributed by atoms with Gasteiger partial charge in [-0.3, -0.25) is 0 Å². The van der Waals surface area contributed by atoms with Gasteiger partial charge in [0.05, 0.1) is 24.2 Å². The zero-order valence-electron chi connectivity index (χ0n) is 66.8. The Morgan fingerprint density at radius 3 is 1.19 bits per heavy atom. The van der Waals surface area contributed by atoms with Crippen molar-refractivity contribution in [2.75, 3.05) is 13.2 Å². The number of para-hydroxylation sites is 2. The van der Waals surface area contributed by atoms with Crippen molar-refractivity contribution in [3.63, 3.8) is 0 Å². The molecule has 0 atom stereocenters. The van der Waals surface area contributed by atoms with E-state index in [1.54, 1.807) is 18.6 Å². The van der Waals surface area contributed by atoms with Crippen LogP contribution in [0.4, 0.5) is 0 Å². The van der Waals surface area contributed by atoms with Crippen molar-refractivity contribution in [1.29, 1.82) is 0 Å². The molecule has 0 bridgehead atoms. The number of ether oxygens (including phenoxy) is 2. The van der Waals surface area contributed by atoms with E-state index in [1.807, 2.05) is 213 Å². The molecule has 122 heavy (non-hydrogen) atoms. The van der Waals surface area contributed by atoms with Crippen molar-refractivity contribution in [3.8, 4) is 95.9 Å². The SMILES string of the molecule is CCCCOc1ccc(-c2cc[c-]c(-c3ccccn3)c2)cc1OCCCC.O=P(c1[c-]c(-c2ccccn2)ccc1)(c1[c-]c(-c2ccccn2)ccc1)c1ccccc1.[Ir].[Ir].[Pt+2].[Pt+2].[c-]1c(Cc2[c-]c(-c3ccccn3)c3ccccc3c2)cc2ccccc2c1-c1ccccn1.[c-]1ccc(-n2c3ccccc3c3ccccc32)cc1-c1ccccn1. The van der Waals surface area contributed by atoms with Gasteiger partial charge < -0.3 is 48.5 Å². The van der Waals surface area contributed by atoms with Gasteiger partial charge in [0.1, 0.15) is 7.14 Å². The van der Waals surface area contributed by atoms with Crippen LogP contribution in [-0.4, -0.2) is 47.7 Å². The Labute approximate surface area is 769 Å². The number of benzene rings is 12. The second-order valence-corrected chi connectivity index (χ2v) is 30.9. The first-order valence-corrected chi connectivity index (χ1v) is 41.5. The molecule has 10 nitrogen and oxygen atoms in total. The molecule has 0 saturated heterocycles. The molecular formula is C107H82Ir2N7O3PPt2-2. The van der Waals surface area contributed by atoms with E-state index in [0.29, 0.717) is 23.8 Å². The molecule has 608 valence electrons. The molecule has 0 aliphatic heterocycles. The van der Waals surface area contributed by atoms with Crippen LogP contribution in [0.1, 0.15) is 50.7 Å². The number of hydrogen-bond donors (Lipinski definition) is 0. The molecule has 19 rings (SSSR count).